The van der Waals surface area contributed by atoms with E-state index in [4.69, 9.17) is 16.3 Å². The van der Waals surface area contributed by atoms with Gasteiger partial charge in [0.15, 0.2) is 0 Å². The normalized spacial score (nSPS) is 31.7. The summed E-state index contributed by atoms with van der Waals surface area (Å²) in [6, 6.07) is 12.2. The van der Waals surface area contributed by atoms with Gasteiger partial charge in [-0.1, -0.05) is 67.1 Å². The zero-order valence-electron chi connectivity index (χ0n) is 22.2. The number of hydrogen-bond acceptors (Lipinski definition) is 5. The molecule has 9 heteroatoms. The number of hydrogen-bond donors (Lipinski definition) is 2. The molecule has 7 atom stereocenters. The second-order valence-corrected chi connectivity index (χ2v) is 11.4. The third-order valence-electron chi connectivity index (χ3n) is 8.98. The zero-order chi connectivity index (χ0) is 28.3. The van der Waals surface area contributed by atoms with Gasteiger partial charge in [-0.25, -0.2) is 0 Å². The molecule has 8 nitrogen and oxygen atoms in total. The van der Waals surface area contributed by atoms with Crippen molar-refractivity contribution in [1.82, 2.24) is 4.90 Å². The Kier molecular flexibility index (Phi) is 6.85. The molecular weight excluding hydrogens is 520 g/mol. The Labute approximate surface area is 232 Å². The number of aliphatic hydroxyl groups excluding tert-OH is 1. The van der Waals surface area contributed by atoms with Crippen molar-refractivity contribution in [1.29, 1.82) is 0 Å². The molecular formula is C30H33ClN2O6. The fourth-order valence-corrected chi connectivity index (χ4v) is 7.55. The molecule has 3 aliphatic heterocycles. The van der Waals surface area contributed by atoms with Gasteiger partial charge in [0, 0.05) is 6.54 Å². The summed E-state index contributed by atoms with van der Waals surface area (Å²) in [4.78, 5) is 44.6. The predicted molar refractivity (Wildman–Crippen MR) is 146 cm³/mol. The van der Waals surface area contributed by atoms with Crippen LogP contribution in [0.2, 0.25) is 5.02 Å². The Bertz CT molecular complexity index is 1310. The lowest BCUT2D eigenvalue weighted by atomic mass is 9.62. The molecule has 0 radical (unpaired) electrons. The van der Waals surface area contributed by atoms with E-state index >= 15 is 0 Å². The molecule has 206 valence electrons. The van der Waals surface area contributed by atoms with E-state index in [0.29, 0.717) is 22.7 Å². The van der Waals surface area contributed by atoms with Gasteiger partial charge in [-0.2, -0.15) is 0 Å². The molecule has 3 heterocycles. The number of halogens is 1. The van der Waals surface area contributed by atoms with E-state index in [0.717, 1.165) is 5.56 Å². The molecule has 3 saturated heterocycles. The molecule has 0 saturated carbocycles. The Hall–Kier alpha value is -3.20. The summed E-state index contributed by atoms with van der Waals surface area (Å²) in [7, 11) is 0. The third kappa shape index (κ3) is 3.84. The van der Waals surface area contributed by atoms with Crippen molar-refractivity contribution in [3.8, 4) is 0 Å². The van der Waals surface area contributed by atoms with Crippen molar-refractivity contribution in [2.24, 2.45) is 17.8 Å². The van der Waals surface area contributed by atoms with Gasteiger partial charge in [0.2, 0.25) is 5.91 Å². The molecule has 39 heavy (non-hydrogen) atoms. The quantitative estimate of drug-likeness (QED) is 0.479. The summed E-state index contributed by atoms with van der Waals surface area (Å²) in [6.07, 6.45) is 1.90. The number of carboxylic acids is 1. The first-order valence-corrected chi connectivity index (χ1v) is 13.5. The lowest BCUT2D eigenvalue weighted by molar-refractivity contribution is -0.157. The number of benzene rings is 2. The largest absolute Gasteiger partial charge is 0.481 e. The highest BCUT2D eigenvalue weighted by atomic mass is 35.5. The molecule has 2 N–H and O–H groups in total. The smallest absolute Gasteiger partial charge is 0.310 e. The summed E-state index contributed by atoms with van der Waals surface area (Å²) in [5, 5.41) is 21.3. The van der Waals surface area contributed by atoms with Gasteiger partial charge >= 0.3 is 5.97 Å². The highest BCUT2D eigenvalue weighted by Crippen LogP contribution is 2.66. The van der Waals surface area contributed by atoms with Crippen LogP contribution in [0.4, 0.5) is 5.69 Å². The van der Waals surface area contributed by atoms with Crippen LogP contribution in [-0.4, -0.2) is 63.3 Å². The van der Waals surface area contributed by atoms with Crippen LogP contribution in [0.3, 0.4) is 0 Å². The van der Waals surface area contributed by atoms with Crippen molar-refractivity contribution in [2.45, 2.75) is 50.5 Å². The van der Waals surface area contributed by atoms with Crippen molar-refractivity contribution in [3.63, 3.8) is 0 Å². The molecule has 2 bridgehead atoms. The number of amides is 2. The number of likely N-dealkylation sites (tertiary alicyclic amines) is 1. The number of para-hydroxylation sites is 1. The average molecular weight is 553 g/mol. The number of carbonyl (C=O) groups is 3. The molecule has 5 rings (SSSR count). The van der Waals surface area contributed by atoms with Crippen molar-refractivity contribution >= 4 is 35.1 Å². The molecule has 2 aromatic carbocycles. The molecule has 3 fully saturated rings. The highest BCUT2D eigenvalue weighted by Gasteiger charge is 2.80. The average Bonchev–Trinajstić information content (AvgIpc) is 3.41. The van der Waals surface area contributed by atoms with Crippen LogP contribution in [0, 0.1) is 24.7 Å². The van der Waals surface area contributed by atoms with E-state index in [1.54, 1.807) is 49.4 Å². The van der Waals surface area contributed by atoms with E-state index in [1.165, 1.54) is 9.80 Å². The Morgan fingerprint density at radius 1 is 1.26 bits per heavy atom. The SMILES string of the molecule is C=CCN(C(=O)C1N([C@H](CO)c2ccccc2)C(=O)[C@@H]2[C@@H](C(=O)O)[C@]3(C)OC12CC3C)c1c(C)cccc1Cl. The van der Waals surface area contributed by atoms with Crippen molar-refractivity contribution < 1.29 is 29.3 Å². The predicted octanol–water partition coefficient (Wildman–Crippen LogP) is 4.00. The van der Waals surface area contributed by atoms with Gasteiger partial charge in [-0.05, 0) is 43.4 Å². The van der Waals surface area contributed by atoms with Crippen molar-refractivity contribution in [2.75, 3.05) is 18.1 Å². The molecule has 3 unspecified atom stereocenters. The summed E-state index contributed by atoms with van der Waals surface area (Å²) in [5.41, 5.74) is -0.639. The van der Waals surface area contributed by atoms with Crippen LogP contribution in [0.25, 0.3) is 0 Å². The first kappa shape index (κ1) is 27.4. The van der Waals surface area contributed by atoms with Gasteiger partial charge in [-0.3, -0.25) is 14.4 Å². The minimum absolute atomic E-state index is 0.104. The van der Waals surface area contributed by atoms with Gasteiger partial charge < -0.3 is 24.7 Å². The zero-order valence-corrected chi connectivity index (χ0v) is 23.0. The van der Waals surface area contributed by atoms with Gasteiger partial charge in [-0.15, -0.1) is 6.58 Å². The molecule has 1 spiro atoms. The minimum atomic E-state index is -1.39. The summed E-state index contributed by atoms with van der Waals surface area (Å²) < 4.78 is 6.62. The number of carboxylic acid groups (broad SMARTS) is 1. The van der Waals surface area contributed by atoms with E-state index in [9.17, 15) is 24.6 Å². The maximum absolute atomic E-state index is 14.8. The number of rotatable bonds is 8. The molecule has 0 aromatic heterocycles. The van der Waals surface area contributed by atoms with E-state index < -0.39 is 59.5 Å². The van der Waals surface area contributed by atoms with E-state index in [2.05, 4.69) is 6.58 Å². The standard InChI is InChI=1S/C30H33ClN2O6/c1-5-14-32(24-17(2)10-9-13-20(24)31)27(36)25-30-15-18(3)29(4,39-30)23(28(37)38)22(30)26(35)33(25)21(16-34)19-11-7-6-8-12-19/h5-13,18,21-23,25,34H,1,14-16H2,2-4H3,(H,37,38)/t18?,21-,22+,23+,25?,29-,30?/m1/s1. The number of aliphatic carboxylic acids is 1. The maximum Gasteiger partial charge on any atom is 0.310 e. The Morgan fingerprint density at radius 2 is 1.95 bits per heavy atom. The summed E-state index contributed by atoms with van der Waals surface area (Å²) >= 11 is 6.60. The number of nitrogens with zero attached hydrogens (tertiary/aromatic N) is 2. The number of ether oxygens (including phenoxy) is 1. The molecule has 3 aliphatic rings. The number of anilines is 1. The summed E-state index contributed by atoms with van der Waals surface area (Å²) in [5.74, 6) is -4.55. The second kappa shape index (κ2) is 9.77. The first-order valence-electron chi connectivity index (χ1n) is 13.1. The first-order chi connectivity index (χ1) is 18.5. The molecule has 0 aliphatic carbocycles. The summed E-state index contributed by atoms with van der Waals surface area (Å²) in [6.45, 7) is 8.94. The van der Waals surface area contributed by atoms with Crippen LogP contribution in [0.1, 0.15) is 37.4 Å². The third-order valence-corrected chi connectivity index (χ3v) is 9.29. The van der Waals surface area contributed by atoms with Crippen LogP contribution in [-0.2, 0) is 19.1 Å². The highest BCUT2D eigenvalue weighted by molar-refractivity contribution is 6.34. The Balaban J connectivity index is 1.73. The second-order valence-electron chi connectivity index (χ2n) is 11.0. The lowest BCUT2D eigenvalue weighted by Crippen LogP contribution is -2.57. The van der Waals surface area contributed by atoms with Gasteiger partial charge in [0.05, 0.1) is 34.9 Å². The van der Waals surface area contributed by atoms with Crippen LogP contribution in [0.15, 0.2) is 61.2 Å². The maximum atomic E-state index is 14.8. The number of carbonyl (C=O) groups excluding carboxylic acids is 2. The molecule has 2 amide bonds. The van der Waals surface area contributed by atoms with Gasteiger partial charge in [0.25, 0.3) is 5.91 Å². The van der Waals surface area contributed by atoms with Crippen molar-refractivity contribution in [3.05, 3.63) is 77.3 Å². The number of fused-ring (bicyclic) bond motifs is 1. The lowest BCUT2D eigenvalue weighted by Gasteiger charge is -2.40. The van der Waals surface area contributed by atoms with E-state index in [1.807, 2.05) is 26.0 Å². The van der Waals surface area contributed by atoms with Crippen LogP contribution in [0.5, 0.6) is 0 Å². The number of aryl methyl sites for hydroxylation is 1. The topological polar surface area (TPSA) is 107 Å². The van der Waals surface area contributed by atoms with E-state index in [-0.39, 0.29) is 12.5 Å². The monoisotopic (exact) mass is 552 g/mol. The molecule has 2 aromatic rings. The van der Waals surface area contributed by atoms with Crippen LogP contribution < -0.4 is 4.90 Å². The fraction of sp³-hybridized carbons (Fsp3) is 0.433. The number of aliphatic hydroxyl groups is 1. The Morgan fingerprint density at radius 3 is 2.54 bits per heavy atom. The van der Waals surface area contributed by atoms with Gasteiger partial charge in [0.1, 0.15) is 17.6 Å². The minimum Gasteiger partial charge on any atom is -0.481 e. The van der Waals surface area contributed by atoms with Crippen LogP contribution >= 0.6 is 11.6 Å². The fourth-order valence-electron chi connectivity index (χ4n) is 7.23.